The molecule has 0 aliphatic carbocycles. The number of hydrogen-bond acceptors (Lipinski definition) is 6. The van der Waals surface area contributed by atoms with Crippen LogP contribution in [0.1, 0.15) is 33.6 Å². The van der Waals surface area contributed by atoms with Crippen molar-refractivity contribution in [2.45, 2.75) is 44.8 Å². The van der Waals surface area contributed by atoms with E-state index in [2.05, 4.69) is 4.98 Å². The van der Waals surface area contributed by atoms with Crippen molar-refractivity contribution >= 4 is 17.8 Å². The molecule has 2 amide bonds. The number of nitrogens with one attached hydrogen (secondary N) is 1. The number of piperidine rings is 1. The van der Waals surface area contributed by atoms with Crippen molar-refractivity contribution in [3.8, 4) is 0 Å². The lowest BCUT2D eigenvalue weighted by molar-refractivity contribution is -0.140. The molecule has 9 nitrogen and oxygen atoms in total. The number of ether oxygens (including phenoxy) is 1. The van der Waals surface area contributed by atoms with Crippen LogP contribution in [0.25, 0.3) is 0 Å². The largest absolute Gasteiger partial charge is 0.432 e. The maximum absolute atomic E-state index is 12.8. The summed E-state index contributed by atoms with van der Waals surface area (Å²) in [6.45, 7) is 6.13. The Morgan fingerprint density at radius 1 is 1.12 bits per heavy atom. The lowest BCUT2D eigenvalue weighted by Crippen LogP contribution is -2.53. The molecule has 3 heterocycles. The fourth-order valence-corrected chi connectivity index (χ4v) is 3.26. The van der Waals surface area contributed by atoms with Crippen LogP contribution in [0.2, 0.25) is 0 Å². The highest BCUT2D eigenvalue weighted by molar-refractivity contribution is 6.03. The molecule has 2 aliphatic rings. The molecule has 1 N–H and O–H groups in total. The van der Waals surface area contributed by atoms with E-state index in [-0.39, 0.29) is 5.91 Å². The summed E-state index contributed by atoms with van der Waals surface area (Å²) in [6, 6.07) is 1.35. The number of rotatable bonds is 1. The van der Waals surface area contributed by atoms with Gasteiger partial charge in [-0.2, -0.15) is 0 Å². The highest BCUT2D eigenvalue weighted by Crippen LogP contribution is 2.38. The predicted octanol–water partition coefficient (Wildman–Crippen LogP) is 0.190. The van der Waals surface area contributed by atoms with E-state index >= 15 is 0 Å². The van der Waals surface area contributed by atoms with Gasteiger partial charge < -0.3 is 9.64 Å². The molecule has 2 aliphatic heterocycles. The molecular formula is C16H22N4O5. The minimum atomic E-state index is -1.15. The Bertz CT molecular complexity index is 808. The van der Waals surface area contributed by atoms with E-state index in [4.69, 9.17) is 4.74 Å². The molecule has 0 aromatic carbocycles. The first-order valence-corrected chi connectivity index (χ1v) is 8.18. The third-order valence-electron chi connectivity index (χ3n) is 4.77. The van der Waals surface area contributed by atoms with Crippen molar-refractivity contribution in [3.63, 3.8) is 0 Å². The molecular weight excluding hydrogens is 328 g/mol. The van der Waals surface area contributed by atoms with Crippen LogP contribution >= 0.6 is 0 Å². The summed E-state index contributed by atoms with van der Waals surface area (Å²) in [7, 11) is 1.40. The van der Waals surface area contributed by atoms with Gasteiger partial charge >= 0.3 is 11.8 Å². The van der Waals surface area contributed by atoms with E-state index in [0.717, 1.165) is 4.57 Å². The van der Waals surface area contributed by atoms with Crippen LogP contribution in [0.4, 0.5) is 10.6 Å². The van der Waals surface area contributed by atoms with Crippen molar-refractivity contribution in [3.05, 3.63) is 26.9 Å². The smallest absolute Gasteiger partial charge is 0.418 e. The molecule has 0 atom stereocenters. The van der Waals surface area contributed by atoms with Gasteiger partial charge in [0.2, 0.25) is 0 Å². The van der Waals surface area contributed by atoms with Gasteiger partial charge in [0.05, 0.1) is 0 Å². The van der Waals surface area contributed by atoms with E-state index in [1.54, 1.807) is 20.8 Å². The molecule has 136 valence electrons. The van der Waals surface area contributed by atoms with Crippen molar-refractivity contribution in [1.29, 1.82) is 0 Å². The number of carbonyl (C=O) groups is 2. The van der Waals surface area contributed by atoms with Gasteiger partial charge in [0, 0.05) is 44.6 Å². The maximum Gasteiger partial charge on any atom is 0.418 e. The summed E-state index contributed by atoms with van der Waals surface area (Å²) < 4.78 is 6.45. The molecule has 0 saturated carbocycles. The molecule has 3 rings (SSSR count). The number of H-pyrrole nitrogens is 1. The van der Waals surface area contributed by atoms with E-state index < -0.39 is 28.5 Å². The van der Waals surface area contributed by atoms with E-state index in [1.807, 2.05) is 4.90 Å². The zero-order valence-corrected chi connectivity index (χ0v) is 14.8. The number of aromatic nitrogens is 2. The van der Waals surface area contributed by atoms with E-state index in [1.165, 1.54) is 18.0 Å². The first-order chi connectivity index (χ1) is 11.5. The summed E-state index contributed by atoms with van der Waals surface area (Å²) in [4.78, 5) is 54.1. The number of aromatic amines is 1. The Morgan fingerprint density at radius 2 is 1.72 bits per heavy atom. The second-order valence-electron chi connectivity index (χ2n) is 7.52. The lowest BCUT2D eigenvalue weighted by Gasteiger charge is -2.37. The number of imide groups is 1. The van der Waals surface area contributed by atoms with E-state index in [9.17, 15) is 19.2 Å². The van der Waals surface area contributed by atoms with Crippen molar-refractivity contribution in [2.75, 3.05) is 18.0 Å². The standard InChI is InChI=1S/C16H22N4O5/c1-15(2,3)20-12(22)16(25-14(20)24)5-7-19(8-6-16)10-9-11(21)18(4)13(23)17-10/h9H,5-8H2,1-4H3,(H,17,23). The van der Waals surface area contributed by atoms with Crippen molar-refractivity contribution in [1.82, 2.24) is 14.5 Å². The van der Waals surface area contributed by atoms with Crippen LogP contribution in [-0.2, 0) is 16.6 Å². The molecule has 25 heavy (non-hydrogen) atoms. The molecule has 1 spiro atoms. The topological polar surface area (TPSA) is 105 Å². The lowest BCUT2D eigenvalue weighted by atomic mass is 9.89. The quantitative estimate of drug-likeness (QED) is 0.775. The molecule has 9 heteroatoms. The highest BCUT2D eigenvalue weighted by atomic mass is 16.6. The van der Waals surface area contributed by atoms with Gasteiger partial charge in [-0.05, 0) is 20.8 Å². The van der Waals surface area contributed by atoms with Gasteiger partial charge in [0.15, 0.2) is 5.60 Å². The first-order valence-electron chi connectivity index (χ1n) is 8.18. The van der Waals surface area contributed by atoms with Crippen LogP contribution in [-0.4, -0.2) is 50.7 Å². The Labute approximate surface area is 144 Å². The van der Waals surface area contributed by atoms with Crippen LogP contribution in [0.5, 0.6) is 0 Å². The van der Waals surface area contributed by atoms with Crippen LogP contribution in [0, 0.1) is 0 Å². The molecule has 2 fully saturated rings. The third kappa shape index (κ3) is 2.73. The molecule has 0 unspecified atom stereocenters. The van der Waals surface area contributed by atoms with Gasteiger partial charge in [-0.1, -0.05) is 0 Å². The number of nitrogens with zero attached hydrogens (tertiary/aromatic N) is 3. The zero-order chi connectivity index (χ0) is 18.6. The summed E-state index contributed by atoms with van der Waals surface area (Å²) in [6.07, 6.45) is -0.00377. The molecule has 0 bridgehead atoms. The SMILES string of the molecule is Cn1c(=O)cc(N2CCC3(CC2)OC(=O)N(C(C)(C)C)C3=O)[nH]c1=O. The van der Waals surface area contributed by atoms with Gasteiger partial charge in [-0.15, -0.1) is 0 Å². The average molecular weight is 350 g/mol. The third-order valence-corrected chi connectivity index (χ3v) is 4.77. The molecule has 0 radical (unpaired) electrons. The Morgan fingerprint density at radius 3 is 2.20 bits per heavy atom. The summed E-state index contributed by atoms with van der Waals surface area (Å²) in [5.74, 6) is 0.0921. The second kappa shape index (κ2) is 5.47. The second-order valence-corrected chi connectivity index (χ2v) is 7.52. The summed E-state index contributed by atoms with van der Waals surface area (Å²) in [5, 5.41) is 0. The predicted molar refractivity (Wildman–Crippen MR) is 89.6 cm³/mol. The zero-order valence-electron chi connectivity index (χ0n) is 14.8. The number of anilines is 1. The molecule has 2 saturated heterocycles. The first kappa shape index (κ1) is 17.2. The van der Waals surface area contributed by atoms with Crippen LogP contribution in [0.3, 0.4) is 0 Å². The molecule has 1 aromatic heterocycles. The Kier molecular flexibility index (Phi) is 3.77. The normalized spacial score (nSPS) is 20.3. The average Bonchev–Trinajstić information content (AvgIpc) is 2.75. The van der Waals surface area contributed by atoms with Crippen LogP contribution < -0.4 is 16.1 Å². The fraction of sp³-hybridized carbons (Fsp3) is 0.625. The Hall–Kier alpha value is -2.58. The molecule has 1 aromatic rings. The van der Waals surface area contributed by atoms with Gasteiger partial charge in [0.25, 0.3) is 11.5 Å². The maximum atomic E-state index is 12.8. The van der Waals surface area contributed by atoms with Crippen LogP contribution in [0.15, 0.2) is 15.7 Å². The monoisotopic (exact) mass is 350 g/mol. The number of hydrogen-bond donors (Lipinski definition) is 1. The van der Waals surface area contributed by atoms with E-state index in [0.29, 0.717) is 31.7 Å². The minimum absolute atomic E-state index is 0.307. The summed E-state index contributed by atoms with van der Waals surface area (Å²) in [5.41, 5.74) is -2.70. The van der Waals surface area contributed by atoms with Gasteiger partial charge in [-0.25, -0.2) is 14.5 Å². The van der Waals surface area contributed by atoms with Crippen molar-refractivity contribution < 1.29 is 14.3 Å². The summed E-state index contributed by atoms with van der Waals surface area (Å²) >= 11 is 0. The Balaban J connectivity index is 1.81. The van der Waals surface area contributed by atoms with Gasteiger partial charge in [-0.3, -0.25) is 19.1 Å². The number of amides is 2. The van der Waals surface area contributed by atoms with Gasteiger partial charge in [0.1, 0.15) is 5.82 Å². The fourth-order valence-electron chi connectivity index (χ4n) is 3.26. The highest BCUT2D eigenvalue weighted by Gasteiger charge is 2.57. The van der Waals surface area contributed by atoms with Crippen molar-refractivity contribution in [2.24, 2.45) is 7.05 Å². The number of carbonyl (C=O) groups excluding carboxylic acids is 2. The minimum Gasteiger partial charge on any atom is -0.432 e.